The van der Waals surface area contributed by atoms with E-state index in [9.17, 15) is 24.3 Å². The summed E-state index contributed by atoms with van der Waals surface area (Å²) in [7, 11) is 1.61. The number of hydrogen-bond donors (Lipinski definition) is 2. The third-order valence-electron chi connectivity index (χ3n) is 7.98. The zero-order valence-corrected chi connectivity index (χ0v) is 19.5. The summed E-state index contributed by atoms with van der Waals surface area (Å²) >= 11 is 2.83. The van der Waals surface area contributed by atoms with Crippen molar-refractivity contribution in [3.63, 3.8) is 0 Å². The lowest BCUT2D eigenvalue weighted by Gasteiger charge is -2.43. The molecule has 3 fully saturated rings. The summed E-state index contributed by atoms with van der Waals surface area (Å²) in [4.78, 5) is 55.3. The van der Waals surface area contributed by atoms with Crippen molar-refractivity contribution in [1.29, 1.82) is 0 Å². The first-order valence-corrected chi connectivity index (χ1v) is 12.6. The number of carbonyl (C=O) groups is 3. The average molecular weight is 487 g/mol. The predicted octanol–water partition coefficient (Wildman–Crippen LogP) is 2.39. The number of H-pyrrole nitrogens is 1. The molecule has 8 atom stereocenters. The molecule has 4 aliphatic rings. The zero-order chi connectivity index (χ0) is 23.2. The molecular weight excluding hydrogens is 464 g/mol. The van der Waals surface area contributed by atoms with Crippen LogP contribution in [-0.2, 0) is 14.4 Å². The Morgan fingerprint density at radius 1 is 1.15 bits per heavy atom. The number of aromatic amines is 1. The minimum absolute atomic E-state index is 0.0188. The number of carbonyl (C=O) groups excluding carboxylic acids is 2. The summed E-state index contributed by atoms with van der Waals surface area (Å²) in [5.41, 5.74) is 1.05. The van der Waals surface area contributed by atoms with Gasteiger partial charge in [0.1, 0.15) is 11.8 Å². The van der Waals surface area contributed by atoms with Crippen molar-refractivity contribution in [1.82, 2.24) is 9.88 Å². The molecule has 172 valence electrons. The van der Waals surface area contributed by atoms with Crippen LogP contribution in [0, 0.1) is 29.6 Å². The number of methoxy groups -OCH3 is 1. The van der Waals surface area contributed by atoms with Crippen LogP contribution in [0.4, 0.5) is 0 Å². The molecule has 2 aromatic rings. The highest BCUT2D eigenvalue weighted by Gasteiger charge is 2.70. The fraction of sp³-hybridized carbons (Fsp3) is 0.478. The van der Waals surface area contributed by atoms with Crippen molar-refractivity contribution < 1.29 is 24.2 Å². The second-order valence-corrected chi connectivity index (χ2v) is 11.5. The van der Waals surface area contributed by atoms with Gasteiger partial charge in [0, 0.05) is 16.0 Å². The van der Waals surface area contributed by atoms with Crippen molar-refractivity contribution >= 4 is 40.9 Å². The second kappa shape index (κ2) is 7.20. The highest BCUT2D eigenvalue weighted by Crippen LogP contribution is 2.68. The molecule has 33 heavy (non-hydrogen) atoms. The van der Waals surface area contributed by atoms with Crippen LogP contribution in [0.2, 0.25) is 0 Å². The highest BCUT2D eigenvalue weighted by molar-refractivity contribution is 8.00. The largest absolute Gasteiger partial charge is 0.497 e. The lowest BCUT2D eigenvalue weighted by molar-refractivity contribution is -0.154. The van der Waals surface area contributed by atoms with Gasteiger partial charge in [0.05, 0.1) is 24.0 Å². The number of rotatable bonds is 4. The highest BCUT2D eigenvalue weighted by atomic mass is 32.2. The van der Waals surface area contributed by atoms with E-state index < -0.39 is 23.8 Å². The minimum Gasteiger partial charge on any atom is -0.497 e. The molecule has 2 amide bonds. The fourth-order valence-electron chi connectivity index (χ4n) is 6.72. The molecule has 0 radical (unpaired) electrons. The number of carboxylic acid groups (broad SMARTS) is 1. The monoisotopic (exact) mass is 486 g/mol. The fourth-order valence-corrected chi connectivity index (χ4v) is 9.61. The standard InChI is InChI=1S/C23H22N2O6S2/c1-8(22(28)29)25-20(26)15-11-7-12(16(15)21(25)27)17-14(11)13(9-3-5-10(31-2)6-4-9)18-19(32-17)24-23(30)33-18/h3-6,8,11-17H,7H2,1-2H3,(H,24,30)(H,28,29)/t8-,11+,12+,13+,14+,15-,16-,17-/m0/s1. The summed E-state index contributed by atoms with van der Waals surface area (Å²) in [5, 5.41) is 10.4. The number of aliphatic carboxylic acids is 1. The first-order chi connectivity index (χ1) is 15.8. The SMILES string of the molecule is COc1ccc([C@H]2c3sc(=O)[nH]c3S[C@H]3[C@@H]4C[C@@H]([C@@H]5C(=O)N([C@@H](C)C(=O)O)C(=O)[C@@H]45)[C@H]23)cc1. The first kappa shape index (κ1) is 21.0. The topological polar surface area (TPSA) is 117 Å². The van der Waals surface area contributed by atoms with E-state index in [0.717, 1.165) is 32.5 Å². The Bertz CT molecular complexity index is 1240. The van der Waals surface area contributed by atoms with E-state index in [2.05, 4.69) is 4.98 Å². The Hall–Kier alpha value is -2.59. The molecule has 2 saturated carbocycles. The molecule has 1 aromatic heterocycles. The van der Waals surface area contributed by atoms with Crippen LogP contribution in [0.5, 0.6) is 5.75 Å². The normalized spacial score (nSPS) is 34.7. The maximum absolute atomic E-state index is 13.3. The number of amides is 2. The number of hydrogen-bond acceptors (Lipinski definition) is 7. The molecule has 0 spiro atoms. The van der Waals surface area contributed by atoms with Gasteiger partial charge in [0.25, 0.3) is 0 Å². The third-order valence-corrected chi connectivity index (χ3v) is 10.6. The Morgan fingerprint density at radius 3 is 2.45 bits per heavy atom. The van der Waals surface area contributed by atoms with Gasteiger partial charge in [-0.2, -0.15) is 0 Å². The van der Waals surface area contributed by atoms with Gasteiger partial charge in [0.15, 0.2) is 0 Å². The van der Waals surface area contributed by atoms with E-state index in [1.165, 1.54) is 18.3 Å². The van der Waals surface area contributed by atoms with Crippen LogP contribution in [0.3, 0.4) is 0 Å². The van der Waals surface area contributed by atoms with Crippen LogP contribution >= 0.6 is 23.1 Å². The zero-order valence-electron chi connectivity index (χ0n) is 17.9. The molecule has 3 heterocycles. The lowest BCUT2D eigenvalue weighted by atomic mass is 9.68. The number of thioether (sulfide) groups is 1. The van der Waals surface area contributed by atoms with Crippen LogP contribution in [0.15, 0.2) is 34.1 Å². The van der Waals surface area contributed by atoms with Gasteiger partial charge >= 0.3 is 10.8 Å². The van der Waals surface area contributed by atoms with Crippen molar-refractivity contribution in [3.8, 4) is 5.75 Å². The predicted molar refractivity (Wildman–Crippen MR) is 120 cm³/mol. The molecule has 0 unspecified atom stereocenters. The quantitative estimate of drug-likeness (QED) is 0.638. The smallest absolute Gasteiger partial charge is 0.326 e. The van der Waals surface area contributed by atoms with E-state index in [1.807, 2.05) is 24.3 Å². The number of aromatic nitrogens is 1. The number of nitrogens with one attached hydrogen (secondary N) is 1. The van der Waals surface area contributed by atoms with Gasteiger partial charge in [-0.1, -0.05) is 23.5 Å². The van der Waals surface area contributed by atoms with Crippen molar-refractivity contribution in [2.75, 3.05) is 7.11 Å². The molecule has 2 N–H and O–H groups in total. The number of thiazole rings is 1. The van der Waals surface area contributed by atoms with Gasteiger partial charge in [-0.25, -0.2) is 4.79 Å². The molecule has 1 saturated heterocycles. The Kier molecular flexibility index (Phi) is 4.58. The molecule has 6 rings (SSSR count). The van der Waals surface area contributed by atoms with Gasteiger partial charge in [-0.05, 0) is 48.8 Å². The maximum atomic E-state index is 13.3. The van der Waals surface area contributed by atoms with Crippen LogP contribution < -0.4 is 9.61 Å². The number of benzene rings is 1. The van der Waals surface area contributed by atoms with E-state index in [4.69, 9.17) is 4.74 Å². The summed E-state index contributed by atoms with van der Waals surface area (Å²) < 4.78 is 5.31. The molecule has 8 nitrogen and oxygen atoms in total. The number of nitrogens with zero attached hydrogens (tertiary/aromatic N) is 1. The molecule has 2 aliphatic carbocycles. The number of ether oxygens (including phenoxy) is 1. The number of imide groups is 1. The lowest BCUT2D eigenvalue weighted by Crippen LogP contribution is -2.44. The number of carboxylic acids is 1. The van der Waals surface area contributed by atoms with Crippen LogP contribution in [0.25, 0.3) is 0 Å². The Morgan fingerprint density at radius 2 is 1.82 bits per heavy atom. The molecule has 10 heteroatoms. The summed E-state index contributed by atoms with van der Waals surface area (Å²) in [6.45, 7) is 1.39. The van der Waals surface area contributed by atoms with E-state index >= 15 is 0 Å². The Balaban J connectivity index is 1.44. The summed E-state index contributed by atoms with van der Waals surface area (Å²) in [5.74, 6) is -2.11. The van der Waals surface area contributed by atoms with Gasteiger partial charge in [-0.15, -0.1) is 11.8 Å². The van der Waals surface area contributed by atoms with E-state index in [1.54, 1.807) is 18.9 Å². The number of fused-ring (bicyclic) bond motifs is 9. The van der Waals surface area contributed by atoms with Crippen molar-refractivity contribution in [2.45, 2.75) is 35.6 Å². The summed E-state index contributed by atoms with van der Waals surface area (Å²) in [6.07, 6.45) is 0.774. The minimum atomic E-state index is -1.17. The first-order valence-electron chi connectivity index (χ1n) is 10.9. The molecule has 1 aromatic carbocycles. The van der Waals surface area contributed by atoms with E-state index in [0.29, 0.717) is 0 Å². The average Bonchev–Trinajstić information content (AvgIpc) is 3.52. The van der Waals surface area contributed by atoms with Crippen LogP contribution in [-0.4, -0.2) is 51.2 Å². The van der Waals surface area contributed by atoms with Gasteiger partial charge < -0.3 is 14.8 Å². The van der Waals surface area contributed by atoms with Crippen molar-refractivity contribution in [3.05, 3.63) is 44.4 Å². The van der Waals surface area contributed by atoms with Gasteiger partial charge in [-0.3, -0.25) is 19.3 Å². The summed E-state index contributed by atoms with van der Waals surface area (Å²) in [6, 6.07) is 6.65. The third kappa shape index (κ3) is 2.76. The maximum Gasteiger partial charge on any atom is 0.326 e. The molecule has 2 bridgehead atoms. The van der Waals surface area contributed by atoms with E-state index in [-0.39, 0.29) is 45.6 Å². The van der Waals surface area contributed by atoms with Crippen molar-refractivity contribution in [2.24, 2.45) is 29.6 Å². The van der Waals surface area contributed by atoms with Crippen LogP contribution in [0.1, 0.15) is 29.7 Å². The van der Waals surface area contributed by atoms with Gasteiger partial charge in [0.2, 0.25) is 11.8 Å². The second-order valence-electron chi connectivity index (χ2n) is 9.29. The molecule has 2 aliphatic heterocycles. The molecular formula is C23H22N2O6S2. The Labute approximate surface area is 197 Å². The number of likely N-dealkylation sites (tertiary alicyclic amines) is 1.